The van der Waals surface area contributed by atoms with Crippen LogP contribution in [0.15, 0.2) is 18.2 Å². The number of hydrogen-bond donors (Lipinski definition) is 1. The fourth-order valence-corrected chi connectivity index (χ4v) is 2.35. The number of halogens is 2. The first-order chi connectivity index (χ1) is 8.81. The molecule has 1 fully saturated rings. The molecule has 1 amide bonds. The molecule has 0 radical (unpaired) electrons. The summed E-state index contributed by atoms with van der Waals surface area (Å²) in [5, 5.41) is 9.83. The lowest BCUT2D eigenvalue weighted by Crippen LogP contribution is -2.50. The van der Waals surface area contributed by atoms with Gasteiger partial charge in [-0.3, -0.25) is 4.79 Å². The summed E-state index contributed by atoms with van der Waals surface area (Å²) in [4.78, 5) is 13.7. The van der Waals surface area contributed by atoms with Crippen molar-refractivity contribution in [1.82, 2.24) is 4.90 Å². The molecule has 5 heteroatoms. The third-order valence-corrected chi connectivity index (χ3v) is 3.62. The summed E-state index contributed by atoms with van der Waals surface area (Å²) in [5.74, 6) is -1.90. The minimum atomic E-state index is -0.727. The zero-order chi connectivity index (χ0) is 14.2. The van der Waals surface area contributed by atoms with Crippen molar-refractivity contribution in [2.24, 2.45) is 5.41 Å². The van der Waals surface area contributed by atoms with Crippen LogP contribution in [0.1, 0.15) is 30.6 Å². The van der Waals surface area contributed by atoms with E-state index in [-0.39, 0.29) is 5.56 Å². The molecule has 1 atom stereocenters. The van der Waals surface area contributed by atoms with Crippen LogP contribution in [0.4, 0.5) is 8.78 Å². The van der Waals surface area contributed by atoms with Crippen LogP contribution in [0, 0.1) is 17.0 Å². The zero-order valence-electron chi connectivity index (χ0n) is 11.0. The van der Waals surface area contributed by atoms with Gasteiger partial charge in [-0.15, -0.1) is 0 Å². The van der Waals surface area contributed by atoms with Crippen LogP contribution < -0.4 is 0 Å². The molecule has 104 valence electrons. The summed E-state index contributed by atoms with van der Waals surface area (Å²) in [5.41, 5.74) is -0.704. The van der Waals surface area contributed by atoms with E-state index in [0.29, 0.717) is 19.5 Å². The molecule has 0 bridgehead atoms. The number of nitrogens with zero attached hydrogens (tertiary/aromatic N) is 1. The number of amides is 1. The Bertz CT molecular complexity index is 502. The maximum atomic E-state index is 13.6. The third kappa shape index (κ3) is 2.76. The SMILES string of the molecule is CC1(C)CN(C(=O)c2cc(F)ccc2F)CCC1O. The van der Waals surface area contributed by atoms with Crippen molar-refractivity contribution in [2.45, 2.75) is 26.4 Å². The molecule has 3 nitrogen and oxygen atoms in total. The van der Waals surface area contributed by atoms with Crippen molar-refractivity contribution in [3.05, 3.63) is 35.4 Å². The number of rotatable bonds is 1. The number of likely N-dealkylation sites (tertiary alicyclic amines) is 1. The molecule has 2 rings (SSSR count). The number of carbonyl (C=O) groups excluding carboxylic acids is 1. The average Bonchev–Trinajstić information content (AvgIpc) is 2.35. The molecule has 1 heterocycles. The van der Waals surface area contributed by atoms with Gasteiger partial charge in [-0.25, -0.2) is 8.78 Å². The number of aliphatic hydroxyl groups excluding tert-OH is 1. The summed E-state index contributed by atoms with van der Waals surface area (Å²) in [6.07, 6.45) is -0.0516. The van der Waals surface area contributed by atoms with Gasteiger partial charge in [0.2, 0.25) is 0 Å². The van der Waals surface area contributed by atoms with Crippen LogP contribution in [-0.4, -0.2) is 35.1 Å². The summed E-state index contributed by atoms with van der Waals surface area (Å²) >= 11 is 0. The Morgan fingerprint density at radius 2 is 2.11 bits per heavy atom. The highest BCUT2D eigenvalue weighted by atomic mass is 19.1. The lowest BCUT2D eigenvalue weighted by molar-refractivity contribution is -0.0183. The molecule has 1 aliphatic rings. The van der Waals surface area contributed by atoms with Crippen LogP contribution in [-0.2, 0) is 0 Å². The quantitative estimate of drug-likeness (QED) is 0.849. The molecule has 1 saturated heterocycles. The summed E-state index contributed by atoms with van der Waals surface area (Å²) in [6, 6.07) is 2.85. The topological polar surface area (TPSA) is 40.5 Å². The predicted octanol–water partition coefficient (Wildman–Crippen LogP) is 2.20. The van der Waals surface area contributed by atoms with E-state index in [1.54, 1.807) is 0 Å². The van der Waals surface area contributed by atoms with Gasteiger partial charge >= 0.3 is 0 Å². The van der Waals surface area contributed by atoms with Crippen LogP contribution >= 0.6 is 0 Å². The molecule has 19 heavy (non-hydrogen) atoms. The average molecular weight is 269 g/mol. The second-order valence-corrected chi connectivity index (χ2v) is 5.64. The van der Waals surface area contributed by atoms with Gasteiger partial charge in [0.05, 0.1) is 11.7 Å². The van der Waals surface area contributed by atoms with Crippen LogP contribution in [0.2, 0.25) is 0 Å². The van der Waals surface area contributed by atoms with E-state index in [1.165, 1.54) is 4.90 Å². The van der Waals surface area contributed by atoms with E-state index in [2.05, 4.69) is 0 Å². The fraction of sp³-hybridized carbons (Fsp3) is 0.500. The van der Waals surface area contributed by atoms with Crippen LogP contribution in [0.3, 0.4) is 0 Å². The first-order valence-electron chi connectivity index (χ1n) is 6.23. The molecule has 0 spiro atoms. The van der Waals surface area contributed by atoms with Gasteiger partial charge in [0.1, 0.15) is 11.6 Å². The highest BCUT2D eigenvalue weighted by Gasteiger charge is 2.37. The molecular formula is C14H17F2NO2. The molecular weight excluding hydrogens is 252 g/mol. The molecule has 1 aromatic carbocycles. The second kappa shape index (κ2) is 4.89. The number of benzene rings is 1. The van der Waals surface area contributed by atoms with Gasteiger partial charge in [-0.2, -0.15) is 0 Å². The molecule has 1 N–H and O–H groups in total. The molecule has 0 aliphatic carbocycles. The number of aliphatic hydroxyl groups is 1. The van der Waals surface area contributed by atoms with E-state index >= 15 is 0 Å². The number of hydrogen-bond acceptors (Lipinski definition) is 2. The van der Waals surface area contributed by atoms with Gasteiger partial charge in [-0.05, 0) is 24.6 Å². The van der Waals surface area contributed by atoms with Crippen molar-refractivity contribution in [2.75, 3.05) is 13.1 Å². The summed E-state index contributed by atoms with van der Waals surface area (Å²) < 4.78 is 26.7. The van der Waals surface area contributed by atoms with E-state index in [1.807, 2.05) is 13.8 Å². The van der Waals surface area contributed by atoms with Crippen molar-refractivity contribution < 1.29 is 18.7 Å². The minimum Gasteiger partial charge on any atom is -0.392 e. The van der Waals surface area contributed by atoms with E-state index < -0.39 is 29.1 Å². The zero-order valence-corrected chi connectivity index (χ0v) is 11.0. The van der Waals surface area contributed by atoms with Crippen molar-refractivity contribution in [3.63, 3.8) is 0 Å². The van der Waals surface area contributed by atoms with Gasteiger partial charge in [0, 0.05) is 18.5 Å². The standard InChI is InChI=1S/C14H17F2NO2/c1-14(2)8-17(6-5-12(14)18)13(19)10-7-9(15)3-4-11(10)16/h3-4,7,12,18H,5-6,8H2,1-2H3. The smallest absolute Gasteiger partial charge is 0.256 e. The summed E-state index contributed by atoms with van der Waals surface area (Å²) in [6.45, 7) is 4.36. The Labute approximate surface area is 110 Å². The Kier molecular flexibility index (Phi) is 3.58. The van der Waals surface area contributed by atoms with Gasteiger partial charge < -0.3 is 10.0 Å². The first-order valence-corrected chi connectivity index (χ1v) is 6.23. The van der Waals surface area contributed by atoms with Gasteiger partial charge in [0.15, 0.2) is 0 Å². The highest BCUT2D eigenvalue weighted by molar-refractivity contribution is 5.94. The monoisotopic (exact) mass is 269 g/mol. The number of piperidine rings is 1. The Morgan fingerprint density at radius 3 is 2.74 bits per heavy atom. The molecule has 1 aromatic rings. The van der Waals surface area contributed by atoms with E-state index in [0.717, 1.165) is 18.2 Å². The first kappa shape index (κ1) is 13.9. The van der Waals surface area contributed by atoms with Crippen molar-refractivity contribution in [3.8, 4) is 0 Å². The number of carbonyl (C=O) groups is 1. The molecule has 0 aromatic heterocycles. The molecule has 1 unspecified atom stereocenters. The van der Waals surface area contributed by atoms with Gasteiger partial charge in [0.25, 0.3) is 5.91 Å². The molecule has 0 saturated carbocycles. The Balaban J connectivity index is 2.23. The third-order valence-electron chi connectivity index (χ3n) is 3.62. The van der Waals surface area contributed by atoms with Crippen LogP contribution in [0.5, 0.6) is 0 Å². The largest absolute Gasteiger partial charge is 0.392 e. The second-order valence-electron chi connectivity index (χ2n) is 5.64. The lowest BCUT2D eigenvalue weighted by atomic mass is 9.81. The van der Waals surface area contributed by atoms with Crippen LogP contribution in [0.25, 0.3) is 0 Å². The lowest BCUT2D eigenvalue weighted by Gasteiger charge is -2.41. The van der Waals surface area contributed by atoms with Crippen molar-refractivity contribution in [1.29, 1.82) is 0 Å². The summed E-state index contributed by atoms with van der Waals surface area (Å²) in [7, 11) is 0. The minimum absolute atomic E-state index is 0.257. The maximum absolute atomic E-state index is 13.6. The molecule has 1 aliphatic heterocycles. The maximum Gasteiger partial charge on any atom is 0.256 e. The Hall–Kier alpha value is -1.49. The van der Waals surface area contributed by atoms with E-state index in [9.17, 15) is 18.7 Å². The highest BCUT2D eigenvalue weighted by Crippen LogP contribution is 2.30. The van der Waals surface area contributed by atoms with Crippen molar-refractivity contribution >= 4 is 5.91 Å². The fourth-order valence-electron chi connectivity index (χ4n) is 2.35. The normalized spacial score (nSPS) is 22.4. The van der Waals surface area contributed by atoms with Gasteiger partial charge in [-0.1, -0.05) is 13.8 Å². The Morgan fingerprint density at radius 1 is 1.42 bits per heavy atom. The van der Waals surface area contributed by atoms with E-state index in [4.69, 9.17) is 0 Å². The predicted molar refractivity (Wildman–Crippen MR) is 66.7 cm³/mol.